The van der Waals surface area contributed by atoms with Gasteiger partial charge in [0.2, 0.25) is 10.0 Å². The van der Waals surface area contributed by atoms with Crippen molar-refractivity contribution >= 4 is 10.0 Å². The molecule has 0 amide bonds. The van der Waals surface area contributed by atoms with Gasteiger partial charge in [-0.15, -0.1) is 0 Å². The van der Waals surface area contributed by atoms with Crippen LogP contribution in [0, 0.1) is 23.2 Å². The molecule has 0 saturated carbocycles. The van der Waals surface area contributed by atoms with Gasteiger partial charge >= 0.3 is 0 Å². The summed E-state index contributed by atoms with van der Waals surface area (Å²) in [5.74, 6) is 1.20. The monoisotopic (exact) mass is 272 g/mol. The summed E-state index contributed by atoms with van der Waals surface area (Å²) in [6.45, 7) is 3.56. The van der Waals surface area contributed by atoms with E-state index in [2.05, 4.69) is 13.0 Å². The maximum absolute atomic E-state index is 11.5. The van der Waals surface area contributed by atoms with Crippen molar-refractivity contribution in [2.75, 3.05) is 19.3 Å². The molecule has 104 valence electrons. The van der Waals surface area contributed by atoms with Gasteiger partial charge in [-0.1, -0.05) is 6.92 Å². The minimum Gasteiger partial charge on any atom is -0.213 e. The second kappa shape index (κ2) is 7.10. The van der Waals surface area contributed by atoms with Crippen LogP contribution in [-0.4, -0.2) is 32.1 Å². The zero-order chi connectivity index (χ0) is 13.6. The summed E-state index contributed by atoms with van der Waals surface area (Å²) in [4.78, 5) is 0. The molecule has 1 aliphatic rings. The standard InChI is InChI=1S/C13H24N2O2S/c1-12(6-3-4-9-14)13-7-5-10-15(11-8-13)18(2,16)17/h12-13H,3-8,10-11H2,1-2H3. The van der Waals surface area contributed by atoms with E-state index in [9.17, 15) is 8.42 Å². The molecule has 1 saturated heterocycles. The fourth-order valence-corrected chi connectivity index (χ4v) is 3.63. The second-order valence-corrected chi connectivity index (χ2v) is 7.36. The van der Waals surface area contributed by atoms with Crippen LogP contribution in [0.2, 0.25) is 0 Å². The maximum Gasteiger partial charge on any atom is 0.211 e. The molecule has 0 spiro atoms. The lowest BCUT2D eigenvalue weighted by Gasteiger charge is -2.22. The van der Waals surface area contributed by atoms with Gasteiger partial charge in [0.1, 0.15) is 0 Å². The third kappa shape index (κ3) is 4.95. The number of hydrogen-bond donors (Lipinski definition) is 0. The fourth-order valence-electron chi connectivity index (χ4n) is 2.74. The van der Waals surface area contributed by atoms with Gasteiger partial charge < -0.3 is 0 Å². The molecule has 18 heavy (non-hydrogen) atoms. The molecule has 0 aromatic carbocycles. The van der Waals surface area contributed by atoms with E-state index in [4.69, 9.17) is 5.26 Å². The lowest BCUT2D eigenvalue weighted by atomic mass is 9.84. The fraction of sp³-hybridized carbons (Fsp3) is 0.923. The summed E-state index contributed by atoms with van der Waals surface area (Å²) in [6, 6.07) is 2.18. The number of nitrogens with zero attached hydrogens (tertiary/aromatic N) is 2. The lowest BCUT2D eigenvalue weighted by Crippen LogP contribution is -2.31. The maximum atomic E-state index is 11.5. The largest absolute Gasteiger partial charge is 0.213 e. The molecular weight excluding hydrogens is 248 g/mol. The third-order valence-corrected chi connectivity index (χ3v) is 5.26. The smallest absolute Gasteiger partial charge is 0.211 e. The SMILES string of the molecule is CC(CCCC#N)C1CCCN(S(C)(=O)=O)CC1. The molecule has 1 fully saturated rings. The molecule has 0 N–H and O–H groups in total. The van der Waals surface area contributed by atoms with Crippen molar-refractivity contribution in [3.8, 4) is 6.07 Å². The summed E-state index contributed by atoms with van der Waals surface area (Å²) in [7, 11) is -3.03. The van der Waals surface area contributed by atoms with Gasteiger partial charge in [0.25, 0.3) is 0 Å². The predicted molar refractivity (Wildman–Crippen MR) is 72.4 cm³/mol. The van der Waals surface area contributed by atoms with E-state index in [0.29, 0.717) is 31.3 Å². The van der Waals surface area contributed by atoms with E-state index in [1.807, 2.05) is 0 Å². The van der Waals surface area contributed by atoms with Gasteiger partial charge in [0.05, 0.1) is 12.3 Å². The summed E-state index contributed by atoms with van der Waals surface area (Å²) in [6.07, 6.45) is 7.00. The van der Waals surface area contributed by atoms with Crippen molar-refractivity contribution < 1.29 is 8.42 Å². The molecule has 0 aromatic rings. The Bertz CT molecular complexity index is 386. The van der Waals surface area contributed by atoms with Crippen molar-refractivity contribution in [2.45, 2.75) is 45.4 Å². The van der Waals surface area contributed by atoms with E-state index < -0.39 is 10.0 Å². The van der Waals surface area contributed by atoms with E-state index in [1.165, 1.54) is 6.26 Å². The molecule has 0 aliphatic carbocycles. The Kier molecular flexibility index (Phi) is 6.10. The summed E-state index contributed by atoms with van der Waals surface area (Å²) >= 11 is 0. The minimum absolute atomic E-state index is 0.595. The van der Waals surface area contributed by atoms with E-state index in [0.717, 1.165) is 32.1 Å². The number of rotatable bonds is 5. The molecule has 1 aliphatic heterocycles. The van der Waals surface area contributed by atoms with Crippen LogP contribution in [0.4, 0.5) is 0 Å². The Morgan fingerprint density at radius 3 is 2.72 bits per heavy atom. The molecule has 1 rings (SSSR count). The first-order valence-corrected chi connectivity index (χ1v) is 8.62. The third-order valence-electron chi connectivity index (χ3n) is 3.95. The molecule has 1 heterocycles. The van der Waals surface area contributed by atoms with Gasteiger partial charge in [-0.2, -0.15) is 5.26 Å². The molecular formula is C13H24N2O2S. The number of sulfonamides is 1. The van der Waals surface area contributed by atoms with E-state index in [1.54, 1.807) is 4.31 Å². The highest BCUT2D eigenvalue weighted by Crippen LogP contribution is 2.28. The van der Waals surface area contributed by atoms with Crippen LogP contribution < -0.4 is 0 Å². The molecule has 2 unspecified atom stereocenters. The first-order valence-electron chi connectivity index (χ1n) is 6.77. The Labute approximate surface area is 111 Å². The summed E-state index contributed by atoms with van der Waals surface area (Å²) < 4.78 is 24.6. The molecule has 0 aromatic heterocycles. The van der Waals surface area contributed by atoms with E-state index in [-0.39, 0.29) is 0 Å². The van der Waals surface area contributed by atoms with Gasteiger partial charge in [0.15, 0.2) is 0 Å². The highest BCUT2D eigenvalue weighted by atomic mass is 32.2. The molecule has 4 nitrogen and oxygen atoms in total. The molecule has 0 bridgehead atoms. The molecule has 2 atom stereocenters. The lowest BCUT2D eigenvalue weighted by molar-refractivity contribution is 0.300. The quantitative estimate of drug-likeness (QED) is 0.722. The Hall–Kier alpha value is -0.600. The number of nitriles is 1. The minimum atomic E-state index is -3.03. The first kappa shape index (κ1) is 15.5. The van der Waals surface area contributed by atoms with Crippen molar-refractivity contribution in [3.05, 3.63) is 0 Å². The van der Waals surface area contributed by atoms with Crippen molar-refractivity contribution in [3.63, 3.8) is 0 Å². The van der Waals surface area contributed by atoms with Crippen LogP contribution in [0.25, 0.3) is 0 Å². The second-order valence-electron chi connectivity index (χ2n) is 5.38. The number of hydrogen-bond acceptors (Lipinski definition) is 3. The predicted octanol–water partition coefficient (Wildman–Crippen LogP) is 2.38. The average Bonchev–Trinajstić information content (AvgIpc) is 2.54. The molecule has 0 radical (unpaired) electrons. The van der Waals surface area contributed by atoms with Crippen LogP contribution in [0.3, 0.4) is 0 Å². The highest BCUT2D eigenvalue weighted by molar-refractivity contribution is 7.88. The Morgan fingerprint density at radius 1 is 1.39 bits per heavy atom. The first-order chi connectivity index (χ1) is 8.45. The van der Waals surface area contributed by atoms with E-state index >= 15 is 0 Å². The van der Waals surface area contributed by atoms with Gasteiger partial charge in [0, 0.05) is 19.5 Å². The van der Waals surface area contributed by atoms with Crippen LogP contribution in [-0.2, 0) is 10.0 Å². The van der Waals surface area contributed by atoms with Gasteiger partial charge in [-0.25, -0.2) is 12.7 Å². The summed E-state index contributed by atoms with van der Waals surface area (Å²) in [5, 5.41) is 8.54. The highest BCUT2D eigenvalue weighted by Gasteiger charge is 2.25. The number of unbranched alkanes of at least 4 members (excludes halogenated alkanes) is 1. The van der Waals surface area contributed by atoms with Crippen LogP contribution >= 0.6 is 0 Å². The zero-order valence-corrected chi connectivity index (χ0v) is 12.2. The Balaban J connectivity index is 2.44. The van der Waals surface area contributed by atoms with Crippen LogP contribution in [0.5, 0.6) is 0 Å². The van der Waals surface area contributed by atoms with Crippen molar-refractivity contribution in [2.24, 2.45) is 11.8 Å². The van der Waals surface area contributed by atoms with Crippen LogP contribution in [0.15, 0.2) is 0 Å². The average molecular weight is 272 g/mol. The van der Waals surface area contributed by atoms with Crippen LogP contribution in [0.1, 0.15) is 45.4 Å². The normalized spacial score (nSPS) is 24.2. The van der Waals surface area contributed by atoms with Crippen molar-refractivity contribution in [1.82, 2.24) is 4.31 Å². The zero-order valence-electron chi connectivity index (χ0n) is 11.4. The molecule has 5 heteroatoms. The van der Waals surface area contributed by atoms with Gasteiger partial charge in [-0.3, -0.25) is 0 Å². The topological polar surface area (TPSA) is 61.2 Å². The summed E-state index contributed by atoms with van der Waals surface area (Å²) in [5.41, 5.74) is 0. The van der Waals surface area contributed by atoms with Gasteiger partial charge in [-0.05, 0) is 43.9 Å². The van der Waals surface area contributed by atoms with Crippen molar-refractivity contribution in [1.29, 1.82) is 5.26 Å². The Morgan fingerprint density at radius 2 is 2.11 bits per heavy atom.